The molecule has 1 aromatic carbocycles. The third kappa shape index (κ3) is 4.04. The van der Waals surface area contributed by atoms with Crippen molar-refractivity contribution in [3.8, 4) is 5.75 Å². The van der Waals surface area contributed by atoms with Gasteiger partial charge in [-0.3, -0.25) is 4.72 Å². The lowest BCUT2D eigenvalue weighted by Gasteiger charge is -2.23. The predicted molar refractivity (Wildman–Crippen MR) is 86.0 cm³/mol. The first-order chi connectivity index (χ1) is 11.0. The molecule has 1 aliphatic carbocycles. The van der Waals surface area contributed by atoms with Gasteiger partial charge in [0.2, 0.25) is 0 Å². The number of anilines is 1. The standard InChI is InChI=1S/C16H20N2O4S/c1-12-11-16(17-22-12)18-23(19,20)15-9-7-14(8-10-15)21-13-5-3-2-4-6-13/h7-11,13H,2-6H2,1H3,(H,17,18). The van der Waals surface area contributed by atoms with E-state index in [-0.39, 0.29) is 16.8 Å². The van der Waals surface area contributed by atoms with Gasteiger partial charge >= 0.3 is 0 Å². The second-order valence-corrected chi connectivity index (χ2v) is 7.46. The monoisotopic (exact) mass is 336 g/mol. The summed E-state index contributed by atoms with van der Waals surface area (Å²) in [7, 11) is -3.68. The molecular weight excluding hydrogens is 316 g/mol. The summed E-state index contributed by atoms with van der Waals surface area (Å²) in [6.07, 6.45) is 6.02. The molecule has 0 atom stereocenters. The molecule has 23 heavy (non-hydrogen) atoms. The molecule has 1 aromatic heterocycles. The Labute approximate surface area is 135 Å². The minimum atomic E-state index is -3.68. The Morgan fingerprint density at radius 2 is 1.87 bits per heavy atom. The smallest absolute Gasteiger partial charge is 0.263 e. The lowest BCUT2D eigenvalue weighted by molar-refractivity contribution is 0.155. The first kappa shape index (κ1) is 15.9. The van der Waals surface area contributed by atoms with Gasteiger partial charge in [-0.25, -0.2) is 8.42 Å². The summed E-state index contributed by atoms with van der Waals surface area (Å²) in [6, 6.07) is 7.98. The van der Waals surface area contributed by atoms with Crippen LogP contribution >= 0.6 is 0 Å². The van der Waals surface area contributed by atoms with E-state index in [1.807, 2.05) is 0 Å². The van der Waals surface area contributed by atoms with E-state index in [4.69, 9.17) is 9.26 Å². The van der Waals surface area contributed by atoms with E-state index >= 15 is 0 Å². The second kappa shape index (κ2) is 6.62. The Balaban J connectivity index is 1.68. The Morgan fingerprint density at radius 1 is 1.17 bits per heavy atom. The summed E-state index contributed by atoms with van der Waals surface area (Å²) < 4.78 is 37.7. The molecule has 1 fully saturated rings. The van der Waals surface area contributed by atoms with Crippen molar-refractivity contribution in [1.29, 1.82) is 0 Å². The van der Waals surface area contributed by atoms with Crippen molar-refractivity contribution in [2.24, 2.45) is 0 Å². The molecule has 7 heteroatoms. The molecule has 1 saturated carbocycles. The SMILES string of the molecule is Cc1cc(NS(=O)(=O)c2ccc(OC3CCCCC3)cc2)no1. The summed E-state index contributed by atoms with van der Waals surface area (Å²) in [6.45, 7) is 1.70. The molecule has 0 saturated heterocycles. The lowest BCUT2D eigenvalue weighted by atomic mass is 9.98. The molecule has 0 aliphatic heterocycles. The summed E-state index contributed by atoms with van der Waals surface area (Å²) in [5, 5.41) is 3.63. The van der Waals surface area contributed by atoms with Gasteiger partial charge in [0, 0.05) is 6.07 Å². The first-order valence-electron chi connectivity index (χ1n) is 7.76. The highest BCUT2D eigenvalue weighted by atomic mass is 32.2. The summed E-state index contributed by atoms with van der Waals surface area (Å²) >= 11 is 0. The van der Waals surface area contributed by atoms with E-state index in [0.717, 1.165) is 12.8 Å². The van der Waals surface area contributed by atoms with Crippen LogP contribution in [0.1, 0.15) is 37.9 Å². The maximum absolute atomic E-state index is 12.3. The van der Waals surface area contributed by atoms with E-state index < -0.39 is 10.0 Å². The number of hydrogen-bond donors (Lipinski definition) is 1. The third-order valence-electron chi connectivity index (χ3n) is 3.86. The zero-order valence-corrected chi connectivity index (χ0v) is 13.8. The second-order valence-electron chi connectivity index (χ2n) is 5.78. The fourth-order valence-corrected chi connectivity index (χ4v) is 3.67. The fourth-order valence-electron chi connectivity index (χ4n) is 2.68. The molecule has 0 amide bonds. The molecule has 2 aromatic rings. The zero-order valence-electron chi connectivity index (χ0n) is 13.0. The number of aromatic nitrogens is 1. The van der Waals surface area contributed by atoms with E-state index in [9.17, 15) is 8.42 Å². The highest BCUT2D eigenvalue weighted by Crippen LogP contribution is 2.25. The molecule has 0 bridgehead atoms. The van der Waals surface area contributed by atoms with Crippen LogP contribution in [0.25, 0.3) is 0 Å². The van der Waals surface area contributed by atoms with Crippen molar-refractivity contribution >= 4 is 15.8 Å². The number of rotatable bonds is 5. The van der Waals surface area contributed by atoms with Gasteiger partial charge in [0.15, 0.2) is 5.82 Å². The van der Waals surface area contributed by atoms with Gasteiger partial charge in [0.25, 0.3) is 10.0 Å². The molecule has 124 valence electrons. The number of hydrogen-bond acceptors (Lipinski definition) is 5. The molecule has 1 heterocycles. The summed E-state index contributed by atoms with van der Waals surface area (Å²) in [4.78, 5) is 0.161. The molecule has 0 spiro atoms. The topological polar surface area (TPSA) is 81.4 Å². The highest BCUT2D eigenvalue weighted by molar-refractivity contribution is 7.92. The molecule has 1 aliphatic rings. The van der Waals surface area contributed by atoms with Crippen LogP contribution in [0, 0.1) is 6.92 Å². The number of ether oxygens (including phenoxy) is 1. The van der Waals surface area contributed by atoms with Gasteiger partial charge in [-0.05, 0) is 56.9 Å². The van der Waals surface area contributed by atoms with Crippen LogP contribution in [0.3, 0.4) is 0 Å². The van der Waals surface area contributed by atoms with E-state index in [0.29, 0.717) is 11.5 Å². The summed E-state index contributed by atoms with van der Waals surface area (Å²) in [5.74, 6) is 1.41. The Morgan fingerprint density at radius 3 is 2.48 bits per heavy atom. The van der Waals surface area contributed by atoms with Crippen LogP contribution in [0.5, 0.6) is 5.75 Å². The van der Waals surface area contributed by atoms with Crippen molar-refractivity contribution in [3.05, 3.63) is 36.1 Å². The van der Waals surface area contributed by atoms with Gasteiger partial charge < -0.3 is 9.26 Å². The van der Waals surface area contributed by atoms with Crippen LogP contribution in [-0.4, -0.2) is 19.7 Å². The van der Waals surface area contributed by atoms with Gasteiger partial charge in [0.05, 0.1) is 11.0 Å². The van der Waals surface area contributed by atoms with E-state index in [1.165, 1.54) is 37.5 Å². The molecule has 0 radical (unpaired) electrons. The number of sulfonamides is 1. The van der Waals surface area contributed by atoms with Crippen molar-refractivity contribution in [3.63, 3.8) is 0 Å². The molecule has 3 rings (SSSR count). The fraction of sp³-hybridized carbons (Fsp3) is 0.438. The van der Waals surface area contributed by atoms with Crippen molar-refractivity contribution in [2.45, 2.75) is 50.0 Å². The minimum absolute atomic E-state index is 0.161. The van der Waals surface area contributed by atoms with Crippen LogP contribution in [0.2, 0.25) is 0 Å². The first-order valence-corrected chi connectivity index (χ1v) is 9.24. The largest absolute Gasteiger partial charge is 0.490 e. The van der Waals surface area contributed by atoms with Gasteiger partial charge in [-0.15, -0.1) is 0 Å². The van der Waals surface area contributed by atoms with Crippen molar-refractivity contribution in [2.75, 3.05) is 4.72 Å². The summed E-state index contributed by atoms with van der Waals surface area (Å²) in [5.41, 5.74) is 0. The van der Waals surface area contributed by atoms with Crippen molar-refractivity contribution in [1.82, 2.24) is 5.16 Å². The quantitative estimate of drug-likeness (QED) is 0.904. The molecule has 0 unspecified atom stereocenters. The average Bonchev–Trinajstić information content (AvgIpc) is 2.93. The maximum atomic E-state index is 12.3. The lowest BCUT2D eigenvalue weighted by Crippen LogP contribution is -2.19. The normalized spacial score (nSPS) is 16.2. The van der Waals surface area contributed by atoms with E-state index in [1.54, 1.807) is 19.1 Å². The number of nitrogens with zero attached hydrogens (tertiary/aromatic N) is 1. The van der Waals surface area contributed by atoms with Crippen LogP contribution in [0.4, 0.5) is 5.82 Å². The van der Waals surface area contributed by atoms with Gasteiger partial charge in [0.1, 0.15) is 11.5 Å². The number of nitrogens with one attached hydrogen (secondary N) is 1. The Kier molecular flexibility index (Phi) is 4.56. The predicted octanol–water partition coefficient (Wildman–Crippen LogP) is 3.50. The van der Waals surface area contributed by atoms with Gasteiger partial charge in [-0.2, -0.15) is 0 Å². The Hall–Kier alpha value is -2.02. The Bertz CT molecular complexity index is 747. The molecule has 6 nitrogen and oxygen atoms in total. The van der Waals surface area contributed by atoms with Crippen LogP contribution in [0.15, 0.2) is 39.8 Å². The minimum Gasteiger partial charge on any atom is -0.490 e. The molecular formula is C16H20N2O4S. The average molecular weight is 336 g/mol. The number of aryl methyl sites for hydroxylation is 1. The van der Waals surface area contributed by atoms with Crippen molar-refractivity contribution < 1.29 is 17.7 Å². The molecule has 1 N–H and O–H groups in total. The van der Waals surface area contributed by atoms with E-state index in [2.05, 4.69) is 9.88 Å². The zero-order chi connectivity index (χ0) is 16.3. The highest BCUT2D eigenvalue weighted by Gasteiger charge is 2.18. The van der Waals surface area contributed by atoms with Crippen LogP contribution < -0.4 is 9.46 Å². The third-order valence-corrected chi connectivity index (χ3v) is 5.23. The number of benzene rings is 1. The maximum Gasteiger partial charge on any atom is 0.263 e. The van der Waals surface area contributed by atoms with Gasteiger partial charge in [-0.1, -0.05) is 11.6 Å². The van der Waals surface area contributed by atoms with Crippen LogP contribution in [-0.2, 0) is 10.0 Å².